The summed E-state index contributed by atoms with van der Waals surface area (Å²) in [6, 6.07) is 8.69. The number of hydrogen-bond donors (Lipinski definition) is 1. The molecule has 1 heterocycles. The molecule has 1 aromatic rings. The zero-order valence-corrected chi connectivity index (χ0v) is 12.2. The van der Waals surface area contributed by atoms with Gasteiger partial charge in [-0.15, -0.1) is 23.4 Å². The van der Waals surface area contributed by atoms with Crippen molar-refractivity contribution in [2.75, 3.05) is 6.54 Å². The van der Waals surface area contributed by atoms with Crippen LogP contribution in [0.3, 0.4) is 0 Å². The maximum Gasteiger partial charge on any atom is 0.0484 e. The molecule has 2 unspecified atom stereocenters. The first kappa shape index (κ1) is 13.3. The Labute approximate surface area is 113 Å². The average Bonchev–Trinajstić information content (AvgIpc) is 2.69. The van der Waals surface area contributed by atoms with Gasteiger partial charge in [-0.2, -0.15) is 0 Å². The molecule has 1 N–H and O–H groups in total. The number of fused-ring (bicyclic) bond motifs is 1. The fourth-order valence-electron chi connectivity index (χ4n) is 1.89. The highest BCUT2D eigenvalue weighted by Gasteiger charge is 2.27. The first-order valence-electron chi connectivity index (χ1n) is 6.13. The predicted molar refractivity (Wildman–Crippen MR) is 77.2 cm³/mol. The van der Waals surface area contributed by atoms with Crippen LogP contribution in [-0.2, 0) is 6.42 Å². The van der Waals surface area contributed by atoms with Crippen LogP contribution >= 0.6 is 23.4 Å². The quantitative estimate of drug-likeness (QED) is 0.837. The topological polar surface area (TPSA) is 12.0 Å². The summed E-state index contributed by atoms with van der Waals surface area (Å²) in [4.78, 5) is 1.44. The van der Waals surface area contributed by atoms with Crippen LogP contribution in [0.15, 0.2) is 29.2 Å². The van der Waals surface area contributed by atoms with Gasteiger partial charge in [-0.25, -0.2) is 0 Å². The standard InChI is InChI=1S/C14H20ClNS/c1-10(15)14(2,3)16-9-12-8-11-6-4-5-7-13(11)17-12/h4-7,10,12,16H,8-9H2,1-3H3. The monoisotopic (exact) mass is 269 g/mol. The van der Waals surface area contributed by atoms with E-state index in [1.165, 1.54) is 16.9 Å². The van der Waals surface area contributed by atoms with Gasteiger partial charge in [0.1, 0.15) is 0 Å². The van der Waals surface area contributed by atoms with Gasteiger partial charge in [0, 0.05) is 27.6 Å². The lowest BCUT2D eigenvalue weighted by molar-refractivity contribution is 0.383. The van der Waals surface area contributed by atoms with Crippen LogP contribution in [-0.4, -0.2) is 22.7 Å². The van der Waals surface area contributed by atoms with Crippen molar-refractivity contribution in [1.29, 1.82) is 0 Å². The minimum absolute atomic E-state index is 0.00309. The molecule has 0 amide bonds. The number of hydrogen-bond acceptors (Lipinski definition) is 2. The average molecular weight is 270 g/mol. The summed E-state index contributed by atoms with van der Waals surface area (Å²) in [5, 5.41) is 4.36. The SMILES string of the molecule is CC(Cl)C(C)(C)NCC1Cc2ccccc2S1. The maximum absolute atomic E-state index is 6.17. The van der Waals surface area contributed by atoms with E-state index in [2.05, 4.69) is 43.4 Å². The molecule has 2 atom stereocenters. The van der Waals surface area contributed by atoms with Crippen LogP contribution in [0.25, 0.3) is 0 Å². The molecule has 1 aliphatic heterocycles. The van der Waals surface area contributed by atoms with E-state index in [-0.39, 0.29) is 10.9 Å². The van der Waals surface area contributed by atoms with Gasteiger partial charge in [0.05, 0.1) is 0 Å². The van der Waals surface area contributed by atoms with Crippen molar-refractivity contribution in [3.63, 3.8) is 0 Å². The molecule has 0 saturated heterocycles. The number of halogens is 1. The molecule has 94 valence electrons. The highest BCUT2D eigenvalue weighted by Crippen LogP contribution is 2.36. The molecule has 17 heavy (non-hydrogen) atoms. The number of benzene rings is 1. The predicted octanol–water partition coefficient (Wildman–Crippen LogP) is 3.70. The van der Waals surface area contributed by atoms with Crippen molar-refractivity contribution in [2.45, 2.75) is 48.3 Å². The van der Waals surface area contributed by atoms with Crippen LogP contribution in [0.5, 0.6) is 0 Å². The Morgan fingerprint density at radius 2 is 2.18 bits per heavy atom. The molecule has 1 aromatic carbocycles. The molecular weight excluding hydrogens is 250 g/mol. The zero-order valence-electron chi connectivity index (χ0n) is 10.7. The molecule has 0 radical (unpaired) electrons. The van der Waals surface area contributed by atoms with Crippen molar-refractivity contribution in [1.82, 2.24) is 5.32 Å². The number of alkyl halides is 1. The van der Waals surface area contributed by atoms with Gasteiger partial charge in [-0.05, 0) is 38.8 Å². The van der Waals surface area contributed by atoms with Crippen LogP contribution in [0.1, 0.15) is 26.3 Å². The minimum atomic E-state index is -0.00309. The first-order chi connectivity index (χ1) is 7.99. The summed E-state index contributed by atoms with van der Waals surface area (Å²) >= 11 is 8.16. The van der Waals surface area contributed by atoms with E-state index in [9.17, 15) is 0 Å². The van der Waals surface area contributed by atoms with Crippen LogP contribution in [0.2, 0.25) is 0 Å². The summed E-state index contributed by atoms with van der Waals surface area (Å²) in [5.41, 5.74) is 1.48. The molecule has 0 bridgehead atoms. The van der Waals surface area contributed by atoms with Crippen LogP contribution in [0.4, 0.5) is 0 Å². The van der Waals surface area contributed by atoms with E-state index in [1.54, 1.807) is 0 Å². The summed E-state index contributed by atoms with van der Waals surface area (Å²) in [6.07, 6.45) is 1.17. The van der Waals surface area contributed by atoms with Gasteiger partial charge in [0.15, 0.2) is 0 Å². The summed E-state index contributed by atoms with van der Waals surface area (Å²) in [6.45, 7) is 7.39. The third kappa shape index (κ3) is 3.18. The normalized spacial score (nSPS) is 21.3. The van der Waals surface area contributed by atoms with Gasteiger partial charge in [0.25, 0.3) is 0 Å². The van der Waals surface area contributed by atoms with Crippen LogP contribution in [0, 0.1) is 0 Å². The zero-order chi connectivity index (χ0) is 12.5. The Hall–Kier alpha value is -0.180. The number of rotatable bonds is 4. The minimum Gasteiger partial charge on any atom is -0.309 e. The number of nitrogens with one attached hydrogen (secondary N) is 1. The summed E-state index contributed by atoms with van der Waals surface area (Å²) in [5.74, 6) is 0. The van der Waals surface area contributed by atoms with Gasteiger partial charge < -0.3 is 5.32 Å². The Morgan fingerprint density at radius 3 is 2.82 bits per heavy atom. The molecule has 1 aliphatic rings. The van der Waals surface area contributed by atoms with Gasteiger partial charge >= 0.3 is 0 Å². The lowest BCUT2D eigenvalue weighted by atomic mass is 10.0. The Bertz CT molecular complexity index is 365. The molecule has 0 aliphatic carbocycles. The van der Waals surface area contributed by atoms with Crippen molar-refractivity contribution < 1.29 is 0 Å². The second-order valence-corrected chi connectivity index (χ2v) is 7.27. The van der Waals surface area contributed by atoms with E-state index in [0.717, 1.165) is 6.54 Å². The molecule has 3 heteroatoms. The number of thioether (sulfide) groups is 1. The van der Waals surface area contributed by atoms with Gasteiger partial charge in [-0.1, -0.05) is 18.2 Å². The van der Waals surface area contributed by atoms with E-state index in [1.807, 2.05) is 18.7 Å². The summed E-state index contributed by atoms with van der Waals surface area (Å²) in [7, 11) is 0. The second kappa shape index (κ2) is 5.21. The van der Waals surface area contributed by atoms with Crippen molar-refractivity contribution >= 4 is 23.4 Å². The Morgan fingerprint density at radius 1 is 1.47 bits per heavy atom. The first-order valence-corrected chi connectivity index (χ1v) is 7.44. The third-order valence-electron chi connectivity index (χ3n) is 3.49. The fraction of sp³-hybridized carbons (Fsp3) is 0.571. The lowest BCUT2D eigenvalue weighted by Crippen LogP contribution is -2.48. The van der Waals surface area contributed by atoms with Crippen molar-refractivity contribution in [2.24, 2.45) is 0 Å². The Balaban J connectivity index is 1.88. The molecular formula is C14H20ClNS. The molecule has 2 rings (SSSR count). The maximum atomic E-state index is 6.17. The molecule has 0 spiro atoms. The van der Waals surface area contributed by atoms with E-state index >= 15 is 0 Å². The molecule has 0 fully saturated rings. The highest BCUT2D eigenvalue weighted by atomic mass is 35.5. The Kier molecular flexibility index (Phi) is 4.06. The second-order valence-electron chi connectivity index (χ2n) is 5.27. The van der Waals surface area contributed by atoms with Crippen molar-refractivity contribution in [3.05, 3.63) is 29.8 Å². The highest BCUT2D eigenvalue weighted by molar-refractivity contribution is 8.00. The van der Waals surface area contributed by atoms with E-state index in [0.29, 0.717) is 5.25 Å². The van der Waals surface area contributed by atoms with Gasteiger partial charge in [0.2, 0.25) is 0 Å². The van der Waals surface area contributed by atoms with Gasteiger partial charge in [-0.3, -0.25) is 0 Å². The smallest absolute Gasteiger partial charge is 0.0484 e. The fourth-order valence-corrected chi connectivity index (χ4v) is 3.21. The largest absolute Gasteiger partial charge is 0.309 e. The summed E-state index contributed by atoms with van der Waals surface area (Å²) < 4.78 is 0. The lowest BCUT2D eigenvalue weighted by Gasteiger charge is -2.30. The molecule has 1 nitrogen and oxygen atoms in total. The van der Waals surface area contributed by atoms with E-state index < -0.39 is 0 Å². The van der Waals surface area contributed by atoms with E-state index in [4.69, 9.17) is 11.6 Å². The van der Waals surface area contributed by atoms with Crippen molar-refractivity contribution in [3.8, 4) is 0 Å². The third-order valence-corrected chi connectivity index (χ3v) is 5.36. The molecule has 0 aromatic heterocycles. The van der Waals surface area contributed by atoms with Crippen LogP contribution < -0.4 is 5.32 Å². The molecule has 0 saturated carbocycles.